The number of aromatic nitrogens is 1. The van der Waals surface area contributed by atoms with Crippen LogP contribution in [0.1, 0.15) is 17.0 Å². The predicted molar refractivity (Wildman–Crippen MR) is 123 cm³/mol. The number of halogens is 3. The van der Waals surface area contributed by atoms with Crippen LogP contribution in [0.2, 0.25) is 10.0 Å². The fraction of sp³-hybridized carbons (Fsp3) is 0.143. The zero-order valence-corrected chi connectivity index (χ0v) is 18.8. The number of pyridine rings is 1. The third kappa shape index (κ3) is 6.46. The number of carbonyl (C=O) groups excluding carboxylic acids is 1. The number of carbonyl (C=O) groups is 1. The maximum Gasteiger partial charge on any atom is 0.310 e. The minimum absolute atomic E-state index is 0. The molecule has 0 bridgehead atoms. The number of anilines is 1. The molecule has 0 unspecified atom stereocenters. The van der Waals surface area contributed by atoms with Crippen LogP contribution in [0.15, 0.2) is 54.6 Å². The van der Waals surface area contributed by atoms with Crippen LogP contribution >= 0.6 is 35.6 Å². The summed E-state index contributed by atoms with van der Waals surface area (Å²) in [5.74, 6) is -0.511. The molecule has 1 aromatic heterocycles. The molecule has 8 nitrogen and oxygen atoms in total. The number of ether oxygens (including phenoxy) is 1. The first-order chi connectivity index (χ1) is 14.8. The number of benzene rings is 2. The predicted octanol–water partition coefficient (Wildman–Crippen LogP) is 5.05. The van der Waals surface area contributed by atoms with E-state index < -0.39 is 11.1 Å². The van der Waals surface area contributed by atoms with Gasteiger partial charge in [-0.05, 0) is 29.8 Å². The molecule has 168 valence electrons. The van der Waals surface area contributed by atoms with E-state index in [1.54, 1.807) is 54.6 Å². The molecule has 0 radical (unpaired) electrons. The molecule has 0 atom stereocenters. The highest BCUT2D eigenvalue weighted by Crippen LogP contribution is 2.38. The van der Waals surface area contributed by atoms with Crippen molar-refractivity contribution in [3.63, 3.8) is 0 Å². The lowest BCUT2D eigenvalue weighted by molar-refractivity contribution is -0.763. The van der Waals surface area contributed by atoms with E-state index >= 15 is 0 Å². The van der Waals surface area contributed by atoms with Crippen LogP contribution in [0.5, 0.6) is 0 Å². The van der Waals surface area contributed by atoms with Crippen LogP contribution in [-0.2, 0) is 34.0 Å². The Balaban J connectivity index is 0.00000363. The summed E-state index contributed by atoms with van der Waals surface area (Å²) in [5.41, 5.74) is 9.23. The lowest BCUT2D eigenvalue weighted by Gasteiger charge is -2.13. The summed E-state index contributed by atoms with van der Waals surface area (Å²) in [6.07, 6.45) is -0.0636. The molecule has 2 aromatic carbocycles. The molecular weight excluding hydrogens is 481 g/mol. The third-order valence-electron chi connectivity index (χ3n) is 4.33. The number of nitrogen functional groups attached to an aromatic ring is 1. The molecule has 3 rings (SSSR count). The zero-order chi connectivity index (χ0) is 22.4. The summed E-state index contributed by atoms with van der Waals surface area (Å²) < 4.78 is 5.28. The maximum atomic E-state index is 12.3. The van der Waals surface area contributed by atoms with Gasteiger partial charge in [-0.1, -0.05) is 53.5 Å². The van der Waals surface area contributed by atoms with E-state index in [1.807, 2.05) is 0 Å². The van der Waals surface area contributed by atoms with E-state index in [1.165, 1.54) is 0 Å². The number of hydrogen-bond acceptors (Lipinski definition) is 7. The normalized spacial score (nSPS) is 10.2. The lowest BCUT2D eigenvalue weighted by atomic mass is 9.98. The second-order valence-electron chi connectivity index (χ2n) is 6.43. The molecule has 0 spiro atoms. The Morgan fingerprint density at radius 1 is 1.00 bits per heavy atom. The second-order valence-corrected chi connectivity index (χ2v) is 7.24. The van der Waals surface area contributed by atoms with Crippen molar-refractivity contribution in [2.75, 3.05) is 5.73 Å². The van der Waals surface area contributed by atoms with E-state index in [0.717, 1.165) is 0 Å². The molecule has 0 saturated heterocycles. The van der Waals surface area contributed by atoms with Gasteiger partial charge in [0.15, 0.2) is 0 Å². The van der Waals surface area contributed by atoms with Gasteiger partial charge >= 0.3 is 5.97 Å². The Morgan fingerprint density at radius 3 is 2.25 bits per heavy atom. The van der Waals surface area contributed by atoms with Crippen molar-refractivity contribution in [1.82, 2.24) is 4.98 Å². The standard InChI is InChI=1S/C21H17Cl2N3O5.ClH/c22-17-8-3-9-18(23)20(17)16-7-1-4-13(21(16)24)10-19(27)30-11-14-5-2-6-15(25-14)12-31-26(28)29;/h1-9H,10-12,24H2;1H. The molecule has 0 aliphatic heterocycles. The number of rotatable bonds is 8. The smallest absolute Gasteiger partial charge is 0.310 e. The molecule has 2 N–H and O–H groups in total. The minimum atomic E-state index is -0.900. The Bertz CT molecular complexity index is 1110. The van der Waals surface area contributed by atoms with Crippen LogP contribution in [0, 0.1) is 10.1 Å². The number of nitrogens with zero attached hydrogens (tertiary/aromatic N) is 2. The van der Waals surface area contributed by atoms with Crippen molar-refractivity contribution < 1.29 is 19.5 Å². The molecule has 0 aliphatic rings. The Morgan fingerprint density at radius 2 is 1.59 bits per heavy atom. The number of nitrogens with two attached hydrogens (primary N) is 1. The average Bonchev–Trinajstić information content (AvgIpc) is 2.73. The fourth-order valence-corrected chi connectivity index (χ4v) is 3.51. The first-order valence-corrected chi connectivity index (χ1v) is 9.80. The Kier molecular flexibility index (Phi) is 9.07. The topological polar surface area (TPSA) is 118 Å². The van der Waals surface area contributed by atoms with Gasteiger partial charge in [0.05, 0.1) is 17.8 Å². The second kappa shape index (κ2) is 11.5. The summed E-state index contributed by atoms with van der Waals surface area (Å²) in [6, 6.07) is 15.3. The molecule has 1 heterocycles. The average molecular weight is 499 g/mol. The maximum absolute atomic E-state index is 12.3. The summed E-state index contributed by atoms with van der Waals surface area (Å²) in [4.78, 5) is 31.1. The Labute approximate surface area is 199 Å². The molecule has 0 aliphatic carbocycles. The first-order valence-electron chi connectivity index (χ1n) is 9.04. The number of para-hydroxylation sites is 1. The zero-order valence-electron chi connectivity index (χ0n) is 16.5. The summed E-state index contributed by atoms with van der Waals surface area (Å²) >= 11 is 12.6. The fourth-order valence-electron chi connectivity index (χ4n) is 2.91. The van der Waals surface area contributed by atoms with E-state index in [4.69, 9.17) is 33.7 Å². The van der Waals surface area contributed by atoms with Crippen LogP contribution in [-0.4, -0.2) is 16.0 Å². The molecule has 0 saturated carbocycles. The van der Waals surface area contributed by atoms with Crippen LogP contribution in [0.25, 0.3) is 11.1 Å². The van der Waals surface area contributed by atoms with Gasteiger partial charge in [0, 0.05) is 26.9 Å². The molecule has 32 heavy (non-hydrogen) atoms. The van der Waals surface area contributed by atoms with Crippen molar-refractivity contribution in [2.24, 2.45) is 0 Å². The highest BCUT2D eigenvalue weighted by Gasteiger charge is 2.16. The van der Waals surface area contributed by atoms with Gasteiger partial charge in [-0.25, -0.2) is 0 Å². The van der Waals surface area contributed by atoms with Gasteiger partial charge in [0.1, 0.15) is 13.2 Å². The van der Waals surface area contributed by atoms with Gasteiger partial charge in [-0.2, -0.15) is 0 Å². The molecule has 0 amide bonds. The van der Waals surface area contributed by atoms with Crippen molar-refractivity contribution in [1.29, 1.82) is 0 Å². The molecular formula is C21H18Cl3N3O5. The van der Waals surface area contributed by atoms with Gasteiger partial charge < -0.3 is 15.3 Å². The Hall–Kier alpha value is -3.07. The van der Waals surface area contributed by atoms with Crippen LogP contribution in [0.3, 0.4) is 0 Å². The molecule has 11 heteroatoms. The van der Waals surface area contributed by atoms with Gasteiger partial charge in [-0.15, -0.1) is 22.5 Å². The highest BCUT2D eigenvalue weighted by atomic mass is 35.5. The number of hydrogen-bond donors (Lipinski definition) is 1. The monoisotopic (exact) mass is 497 g/mol. The first kappa shape index (κ1) is 25.2. The van der Waals surface area contributed by atoms with Crippen molar-refractivity contribution in [2.45, 2.75) is 19.6 Å². The molecule has 0 fully saturated rings. The third-order valence-corrected chi connectivity index (χ3v) is 4.96. The van der Waals surface area contributed by atoms with Crippen molar-refractivity contribution in [3.05, 3.63) is 91.7 Å². The van der Waals surface area contributed by atoms with E-state index in [-0.39, 0.29) is 32.0 Å². The summed E-state index contributed by atoms with van der Waals surface area (Å²) in [5, 5.41) is 10.3. The van der Waals surface area contributed by atoms with Crippen molar-refractivity contribution >= 4 is 47.3 Å². The van der Waals surface area contributed by atoms with Gasteiger partial charge in [0.25, 0.3) is 5.09 Å². The highest BCUT2D eigenvalue weighted by molar-refractivity contribution is 6.39. The summed E-state index contributed by atoms with van der Waals surface area (Å²) in [7, 11) is 0. The van der Waals surface area contributed by atoms with Crippen molar-refractivity contribution in [3.8, 4) is 11.1 Å². The van der Waals surface area contributed by atoms with E-state index in [9.17, 15) is 14.9 Å². The number of esters is 1. The summed E-state index contributed by atoms with van der Waals surface area (Å²) in [6.45, 7) is -0.385. The minimum Gasteiger partial charge on any atom is -0.459 e. The van der Waals surface area contributed by atoms with Crippen LogP contribution in [0.4, 0.5) is 5.69 Å². The largest absolute Gasteiger partial charge is 0.459 e. The molecule has 3 aromatic rings. The lowest BCUT2D eigenvalue weighted by Crippen LogP contribution is -2.11. The quantitative estimate of drug-likeness (QED) is 0.200. The van der Waals surface area contributed by atoms with Gasteiger partial charge in [0.2, 0.25) is 0 Å². The SMILES string of the molecule is Cl.Nc1c(CC(=O)OCc2cccc(CO[N+](=O)[O-])n2)cccc1-c1c(Cl)cccc1Cl. The van der Waals surface area contributed by atoms with Gasteiger partial charge in [-0.3, -0.25) is 9.78 Å². The van der Waals surface area contributed by atoms with E-state index in [0.29, 0.717) is 43.8 Å². The van der Waals surface area contributed by atoms with Crippen LogP contribution < -0.4 is 5.73 Å². The van der Waals surface area contributed by atoms with E-state index in [2.05, 4.69) is 9.82 Å².